The van der Waals surface area contributed by atoms with E-state index in [4.69, 9.17) is 0 Å². The molecule has 0 radical (unpaired) electrons. The number of carbonyl (C=O) groups excluding carboxylic acids is 2. The Balaban J connectivity index is 1.60. The van der Waals surface area contributed by atoms with Crippen LogP contribution in [-0.2, 0) is 16.1 Å². The van der Waals surface area contributed by atoms with Crippen molar-refractivity contribution in [2.45, 2.75) is 32.4 Å². The lowest BCUT2D eigenvalue weighted by Crippen LogP contribution is -2.38. The van der Waals surface area contributed by atoms with Crippen LogP contribution >= 0.6 is 0 Å². The van der Waals surface area contributed by atoms with Crippen molar-refractivity contribution < 1.29 is 27.2 Å². The van der Waals surface area contributed by atoms with Crippen molar-refractivity contribution in [1.82, 2.24) is 25.0 Å². The number of amides is 2. The molecule has 1 aliphatic rings. The number of pyridine rings is 1. The molecule has 0 spiro atoms. The van der Waals surface area contributed by atoms with Crippen LogP contribution in [0.15, 0.2) is 30.5 Å². The van der Waals surface area contributed by atoms with Gasteiger partial charge < -0.3 is 10.2 Å². The van der Waals surface area contributed by atoms with Gasteiger partial charge in [-0.05, 0) is 30.2 Å². The van der Waals surface area contributed by atoms with Crippen molar-refractivity contribution in [3.8, 4) is 11.1 Å². The molecule has 168 valence electrons. The number of benzene rings is 1. The predicted octanol–water partition coefficient (Wildman–Crippen LogP) is 3.05. The second-order valence-corrected chi connectivity index (χ2v) is 7.60. The van der Waals surface area contributed by atoms with E-state index in [2.05, 4.69) is 15.4 Å². The van der Waals surface area contributed by atoms with Crippen LogP contribution in [0.5, 0.6) is 0 Å². The second-order valence-electron chi connectivity index (χ2n) is 7.60. The predicted molar refractivity (Wildman–Crippen MR) is 107 cm³/mol. The van der Waals surface area contributed by atoms with E-state index in [0.717, 1.165) is 16.8 Å². The highest BCUT2D eigenvalue weighted by atomic mass is 19.3. The highest BCUT2D eigenvalue weighted by Crippen LogP contribution is 2.29. The minimum atomic E-state index is -2.99. The van der Waals surface area contributed by atoms with E-state index < -0.39 is 23.8 Å². The third-order valence-electron chi connectivity index (χ3n) is 5.35. The van der Waals surface area contributed by atoms with Crippen molar-refractivity contribution in [3.05, 3.63) is 47.8 Å². The monoisotopic (exact) mass is 449 g/mol. The van der Waals surface area contributed by atoms with Gasteiger partial charge in [-0.3, -0.25) is 14.3 Å². The van der Waals surface area contributed by atoms with E-state index >= 15 is 0 Å². The molecule has 0 aliphatic carbocycles. The maximum atomic E-state index is 14.3. The van der Waals surface area contributed by atoms with Gasteiger partial charge in [0.05, 0.1) is 11.1 Å². The number of likely N-dealkylation sites (tertiary alicyclic amines) is 1. The minimum Gasteiger partial charge on any atom is -0.352 e. The van der Waals surface area contributed by atoms with E-state index in [1.54, 1.807) is 4.90 Å². The number of hydrogen-bond donors (Lipinski definition) is 1. The summed E-state index contributed by atoms with van der Waals surface area (Å²) in [5.74, 6) is -2.39. The van der Waals surface area contributed by atoms with Gasteiger partial charge in [-0.2, -0.15) is 4.39 Å². The van der Waals surface area contributed by atoms with Crippen molar-refractivity contribution in [1.29, 1.82) is 0 Å². The van der Waals surface area contributed by atoms with Crippen molar-refractivity contribution >= 4 is 22.8 Å². The van der Waals surface area contributed by atoms with Crippen LogP contribution in [-0.4, -0.2) is 50.6 Å². The Morgan fingerprint density at radius 1 is 1.22 bits per heavy atom. The van der Waals surface area contributed by atoms with Gasteiger partial charge in [-0.25, -0.2) is 18.2 Å². The van der Waals surface area contributed by atoms with Crippen LogP contribution in [0.3, 0.4) is 0 Å². The summed E-state index contributed by atoms with van der Waals surface area (Å²) in [6.45, 7) is 1.93. The molecule has 0 bridgehead atoms. The van der Waals surface area contributed by atoms with Gasteiger partial charge in [0, 0.05) is 37.8 Å². The quantitative estimate of drug-likeness (QED) is 0.608. The van der Waals surface area contributed by atoms with E-state index in [0.29, 0.717) is 25.1 Å². The van der Waals surface area contributed by atoms with Crippen LogP contribution in [0.2, 0.25) is 0 Å². The standard InChI is InChI=1S/C21H19F4N5O2/c1-11(31)27-14-4-5-29(9-14)18(32)10-30-17-7-13(8-26-19(17)21(25)28-30)12-2-3-16(22)15(6-12)20(23)24/h2-3,6-8,14,20H,4-5,9-10H2,1H3,(H,27,31). The molecular weight excluding hydrogens is 430 g/mol. The summed E-state index contributed by atoms with van der Waals surface area (Å²) in [6.07, 6.45) is -1.10. The van der Waals surface area contributed by atoms with Gasteiger partial charge >= 0.3 is 0 Å². The first-order valence-corrected chi connectivity index (χ1v) is 9.88. The lowest BCUT2D eigenvalue weighted by molar-refractivity contribution is -0.131. The fraction of sp³-hybridized carbons (Fsp3) is 0.333. The summed E-state index contributed by atoms with van der Waals surface area (Å²) < 4.78 is 55.2. The number of nitrogens with one attached hydrogen (secondary N) is 1. The van der Waals surface area contributed by atoms with E-state index in [-0.39, 0.29) is 41.0 Å². The molecule has 3 aromatic rings. The molecule has 1 atom stereocenters. The summed E-state index contributed by atoms with van der Waals surface area (Å²) in [5.41, 5.74) is -0.00226. The molecule has 1 aliphatic heterocycles. The molecule has 11 heteroatoms. The number of hydrogen-bond acceptors (Lipinski definition) is 4. The average molecular weight is 449 g/mol. The molecular formula is C21H19F4N5O2. The number of halogens is 4. The highest BCUT2D eigenvalue weighted by Gasteiger charge is 2.27. The molecule has 1 aromatic carbocycles. The Kier molecular flexibility index (Phi) is 5.81. The first-order chi connectivity index (χ1) is 15.2. The topological polar surface area (TPSA) is 80.1 Å². The van der Waals surface area contributed by atoms with Gasteiger partial charge in [0.2, 0.25) is 11.8 Å². The summed E-state index contributed by atoms with van der Waals surface area (Å²) in [4.78, 5) is 29.5. The number of nitrogens with zero attached hydrogens (tertiary/aromatic N) is 4. The Hall–Kier alpha value is -3.50. The Labute approximate surface area is 180 Å². The number of fused-ring (bicyclic) bond motifs is 1. The maximum absolute atomic E-state index is 14.3. The van der Waals surface area contributed by atoms with Crippen LogP contribution in [0.25, 0.3) is 22.2 Å². The van der Waals surface area contributed by atoms with Gasteiger partial charge in [0.1, 0.15) is 17.9 Å². The molecule has 2 aromatic heterocycles. The molecule has 1 N–H and O–H groups in total. The molecule has 1 fully saturated rings. The van der Waals surface area contributed by atoms with E-state index in [9.17, 15) is 27.2 Å². The maximum Gasteiger partial charge on any atom is 0.266 e. The number of alkyl halides is 2. The first kappa shape index (κ1) is 21.7. The Morgan fingerprint density at radius 3 is 2.72 bits per heavy atom. The lowest BCUT2D eigenvalue weighted by atomic mass is 10.0. The smallest absolute Gasteiger partial charge is 0.266 e. The normalized spacial score (nSPS) is 16.2. The minimum absolute atomic E-state index is 0.0738. The third-order valence-corrected chi connectivity index (χ3v) is 5.35. The highest BCUT2D eigenvalue weighted by molar-refractivity contribution is 5.83. The Bertz CT molecular complexity index is 1200. The fourth-order valence-electron chi connectivity index (χ4n) is 3.81. The molecule has 7 nitrogen and oxygen atoms in total. The molecule has 1 saturated heterocycles. The summed E-state index contributed by atoms with van der Waals surface area (Å²) >= 11 is 0. The molecule has 0 saturated carbocycles. The van der Waals surface area contributed by atoms with Crippen LogP contribution in [0.1, 0.15) is 25.3 Å². The van der Waals surface area contributed by atoms with Gasteiger partial charge in [-0.15, -0.1) is 5.10 Å². The zero-order valence-corrected chi connectivity index (χ0v) is 17.0. The average Bonchev–Trinajstić information content (AvgIpc) is 3.32. The Morgan fingerprint density at radius 2 is 2.00 bits per heavy atom. The van der Waals surface area contributed by atoms with E-state index in [1.165, 1.54) is 25.3 Å². The molecule has 4 rings (SSSR count). The molecule has 32 heavy (non-hydrogen) atoms. The second kappa shape index (κ2) is 8.56. The summed E-state index contributed by atoms with van der Waals surface area (Å²) in [7, 11) is 0. The van der Waals surface area contributed by atoms with Crippen molar-refractivity contribution in [2.24, 2.45) is 0 Å². The van der Waals surface area contributed by atoms with Gasteiger partial charge in [-0.1, -0.05) is 6.07 Å². The number of aromatic nitrogens is 3. The number of rotatable bonds is 5. The van der Waals surface area contributed by atoms with Crippen LogP contribution in [0.4, 0.5) is 17.6 Å². The fourth-order valence-corrected chi connectivity index (χ4v) is 3.81. The summed E-state index contributed by atoms with van der Waals surface area (Å²) in [5, 5.41) is 6.51. The SMILES string of the molecule is CC(=O)NC1CCN(C(=O)Cn2nc(F)c3ncc(-c4ccc(F)c(C(F)F)c4)cc32)C1. The van der Waals surface area contributed by atoms with Gasteiger partial charge in [0.15, 0.2) is 0 Å². The van der Waals surface area contributed by atoms with Crippen molar-refractivity contribution in [3.63, 3.8) is 0 Å². The first-order valence-electron chi connectivity index (χ1n) is 9.88. The van der Waals surface area contributed by atoms with Crippen LogP contribution in [0, 0.1) is 11.8 Å². The summed E-state index contributed by atoms with van der Waals surface area (Å²) in [6, 6.07) is 4.59. The van der Waals surface area contributed by atoms with Gasteiger partial charge in [0.25, 0.3) is 12.4 Å². The van der Waals surface area contributed by atoms with Crippen molar-refractivity contribution in [2.75, 3.05) is 13.1 Å². The largest absolute Gasteiger partial charge is 0.352 e. The zero-order valence-electron chi connectivity index (χ0n) is 17.0. The third kappa shape index (κ3) is 4.27. The molecule has 3 heterocycles. The lowest BCUT2D eigenvalue weighted by Gasteiger charge is -2.17. The number of carbonyl (C=O) groups is 2. The zero-order chi connectivity index (χ0) is 23.0. The molecule has 1 unspecified atom stereocenters. The van der Waals surface area contributed by atoms with Crippen LogP contribution < -0.4 is 5.32 Å². The van der Waals surface area contributed by atoms with E-state index in [1.807, 2.05) is 0 Å². The molecule has 2 amide bonds.